The van der Waals surface area contributed by atoms with Gasteiger partial charge in [0.25, 0.3) is 17.5 Å². The zero-order valence-electron chi connectivity index (χ0n) is 15.7. The van der Waals surface area contributed by atoms with Gasteiger partial charge in [0, 0.05) is 42.7 Å². The molecule has 0 saturated heterocycles. The van der Waals surface area contributed by atoms with Crippen molar-refractivity contribution in [3.8, 4) is 5.69 Å². The molecular formula is C20H19N5O4. The number of nitrogens with one attached hydrogen (secondary N) is 2. The smallest absolute Gasteiger partial charge is 0.294 e. The van der Waals surface area contributed by atoms with E-state index >= 15 is 0 Å². The van der Waals surface area contributed by atoms with Crippen molar-refractivity contribution in [1.82, 2.24) is 20.2 Å². The molecule has 0 radical (unpaired) electrons. The zero-order chi connectivity index (χ0) is 20.8. The molecule has 0 spiro atoms. The van der Waals surface area contributed by atoms with Crippen molar-refractivity contribution in [2.24, 2.45) is 0 Å². The van der Waals surface area contributed by atoms with Gasteiger partial charge in [-0.1, -0.05) is 12.1 Å². The molecule has 0 aliphatic carbocycles. The number of hydrogen-bond acceptors (Lipinski definition) is 5. The summed E-state index contributed by atoms with van der Waals surface area (Å²) in [7, 11) is 0. The van der Waals surface area contributed by atoms with Crippen LogP contribution in [0.4, 0.5) is 5.69 Å². The molecule has 2 aromatic carbocycles. The highest BCUT2D eigenvalue weighted by molar-refractivity contribution is 5.96. The number of nitrogens with zero attached hydrogens (tertiary/aromatic N) is 3. The number of benzene rings is 2. The largest absolute Gasteiger partial charge is 0.352 e. The molecule has 0 aliphatic heterocycles. The van der Waals surface area contributed by atoms with Crippen LogP contribution in [-0.2, 0) is 6.54 Å². The van der Waals surface area contributed by atoms with Gasteiger partial charge in [-0.25, -0.2) is 4.98 Å². The van der Waals surface area contributed by atoms with Crippen LogP contribution in [0.15, 0.2) is 61.2 Å². The number of nitro benzene ring substituents is 1. The lowest BCUT2D eigenvalue weighted by atomic mass is 10.1. The quantitative estimate of drug-likeness (QED) is 0.472. The first-order chi connectivity index (χ1) is 14.0. The van der Waals surface area contributed by atoms with Crippen molar-refractivity contribution in [2.75, 3.05) is 6.54 Å². The van der Waals surface area contributed by atoms with E-state index in [4.69, 9.17) is 0 Å². The summed E-state index contributed by atoms with van der Waals surface area (Å²) in [5.74, 6) is -0.639. The summed E-state index contributed by atoms with van der Waals surface area (Å²) in [5.41, 5.74) is 1.53. The fraction of sp³-hybridized carbons (Fsp3) is 0.150. The van der Waals surface area contributed by atoms with E-state index in [1.165, 1.54) is 35.3 Å². The van der Waals surface area contributed by atoms with Crippen LogP contribution in [-0.4, -0.2) is 32.8 Å². The molecule has 0 bridgehead atoms. The number of carbonyl (C=O) groups excluding carboxylic acids is 2. The Bertz CT molecular complexity index is 1050. The molecule has 1 aromatic heterocycles. The van der Waals surface area contributed by atoms with E-state index in [0.29, 0.717) is 17.8 Å². The molecule has 29 heavy (non-hydrogen) atoms. The molecule has 0 saturated carbocycles. The lowest BCUT2D eigenvalue weighted by Crippen LogP contribution is -2.24. The van der Waals surface area contributed by atoms with Crippen molar-refractivity contribution in [3.05, 3.63) is 88.0 Å². The van der Waals surface area contributed by atoms with Gasteiger partial charge in [0.05, 0.1) is 11.3 Å². The molecule has 148 valence electrons. The second-order valence-electron chi connectivity index (χ2n) is 6.17. The molecule has 0 unspecified atom stereocenters. The van der Waals surface area contributed by atoms with E-state index in [-0.39, 0.29) is 23.7 Å². The number of amides is 2. The zero-order valence-corrected chi connectivity index (χ0v) is 15.7. The average Bonchev–Trinajstić information content (AvgIpc) is 3.26. The van der Waals surface area contributed by atoms with Gasteiger partial charge in [-0.05, 0) is 36.8 Å². The van der Waals surface area contributed by atoms with Gasteiger partial charge < -0.3 is 15.2 Å². The Morgan fingerprint density at radius 2 is 1.86 bits per heavy atom. The maximum Gasteiger partial charge on any atom is 0.294 e. The Kier molecular flexibility index (Phi) is 5.98. The minimum Gasteiger partial charge on any atom is -0.352 e. The van der Waals surface area contributed by atoms with Crippen LogP contribution in [0.1, 0.15) is 33.2 Å². The van der Waals surface area contributed by atoms with E-state index in [9.17, 15) is 19.7 Å². The summed E-state index contributed by atoms with van der Waals surface area (Å²) in [6, 6.07) is 11.2. The SMILES string of the molecule is CCNC(=O)c1cccc(CNC(=O)c2ccc(-n3ccnc3)c([N+](=O)[O-])c2)c1. The first kappa shape index (κ1) is 19.7. The first-order valence-electron chi connectivity index (χ1n) is 8.91. The van der Waals surface area contributed by atoms with Gasteiger partial charge in [0.2, 0.25) is 0 Å². The van der Waals surface area contributed by atoms with Crippen LogP contribution in [0.2, 0.25) is 0 Å². The van der Waals surface area contributed by atoms with Crippen LogP contribution in [0.5, 0.6) is 0 Å². The molecule has 3 rings (SSSR count). The third-order valence-corrected chi connectivity index (χ3v) is 4.20. The van der Waals surface area contributed by atoms with Crippen LogP contribution < -0.4 is 10.6 Å². The fourth-order valence-electron chi connectivity index (χ4n) is 2.80. The number of hydrogen-bond donors (Lipinski definition) is 2. The molecule has 1 heterocycles. The summed E-state index contributed by atoms with van der Waals surface area (Å²) in [6.07, 6.45) is 4.55. The Labute approximate surface area is 166 Å². The molecule has 2 amide bonds. The molecule has 9 heteroatoms. The maximum absolute atomic E-state index is 12.5. The maximum atomic E-state index is 12.5. The van der Waals surface area contributed by atoms with Crippen LogP contribution in [0.25, 0.3) is 5.69 Å². The van der Waals surface area contributed by atoms with Crippen LogP contribution in [0.3, 0.4) is 0 Å². The van der Waals surface area contributed by atoms with Crippen LogP contribution >= 0.6 is 0 Å². The summed E-state index contributed by atoms with van der Waals surface area (Å²) in [4.78, 5) is 39.2. The normalized spacial score (nSPS) is 10.4. The van der Waals surface area contributed by atoms with E-state index in [0.717, 1.165) is 5.56 Å². The van der Waals surface area contributed by atoms with E-state index in [2.05, 4.69) is 15.6 Å². The topological polar surface area (TPSA) is 119 Å². The summed E-state index contributed by atoms with van der Waals surface area (Å²) < 4.78 is 1.51. The van der Waals surface area contributed by atoms with Gasteiger partial charge >= 0.3 is 0 Å². The van der Waals surface area contributed by atoms with Crippen LogP contribution in [0, 0.1) is 10.1 Å². The fourth-order valence-corrected chi connectivity index (χ4v) is 2.80. The molecular weight excluding hydrogens is 374 g/mol. The highest BCUT2D eigenvalue weighted by Gasteiger charge is 2.18. The second kappa shape index (κ2) is 8.79. The number of imidazole rings is 1. The predicted molar refractivity (Wildman–Crippen MR) is 106 cm³/mol. The molecule has 2 N–H and O–H groups in total. The second-order valence-corrected chi connectivity index (χ2v) is 6.17. The number of nitro groups is 1. The number of rotatable bonds is 7. The Hall–Kier alpha value is -4.01. The Morgan fingerprint density at radius 1 is 1.10 bits per heavy atom. The Balaban J connectivity index is 1.75. The van der Waals surface area contributed by atoms with Gasteiger partial charge in [-0.3, -0.25) is 19.7 Å². The molecule has 0 aliphatic rings. The van der Waals surface area contributed by atoms with E-state index in [1.54, 1.807) is 30.5 Å². The monoisotopic (exact) mass is 393 g/mol. The summed E-state index contributed by atoms with van der Waals surface area (Å²) in [6.45, 7) is 2.54. The molecule has 3 aromatic rings. The summed E-state index contributed by atoms with van der Waals surface area (Å²) >= 11 is 0. The standard InChI is InChI=1S/C20H19N5O4/c1-2-22-19(26)15-5-3-4-14(10-15)12-23-20(27)16-6-7-17(18(11-16)25(28)29)24-9-8-21-13-24/h3-11,13H,2,12H2,1H3,(H,22,26)(H,23,27). The van der Waals surface area contributed by atoms with Gasteiger partial charge in [0.15, 0.2) is 0 Å². The summed E-state index contributed by atoms with van der Waals surface area (Å²) in [5, 5.41) is 16.9. The first-order valence-corrected chi connectivity index (χ1v) is 8.91. The number of carbonyl (C=O) groups is 2. The lowest BCUT2D eigenvalue weighted by molar-refractivity contribution is -0.384. The molecule has 9 nitrogen and oxygen atoms in total. The van der Waals surface area contributed by atoms with Crippen molar-refractivity contribution < 1.29 is 14.5 Å². The minimum absolute atomic E-state index is 0.167. The van der Waals surface area contributed by atoms with Gasteiger partial charge in [-0.2, -0.15) is 0 Å². The van der Waals surface area contributed by atoms with E-state index in [1.807, 2.05) is 6.92 Å². The van der Waals surface area contributed by atoms with Crippen molar-refractivity contribution in [1.29, 1.82) is 0 Å². The van der Waals surface area contributed by atoms with E-state index < -0.39 is 10.8 Å². The Morgan fingerprint density at radius 3 is 2.55 bits per heavy atom. The lowest BCUT2D eigenvalue weighted by Gasteiger charge is -2.09. The molecule has 0 fully saturated rings. The molecule has 0 atom stereocenters. The average molecular weight is 393 g/mol. The predicted octanol–water partition coefficient (Wildman–Crippen LogP) is 2.46. The van der Waals surface area contributed by atoms with Crippen molar-refractivity contribution in [2.45, 2.75) is 13.5 Å². The highest BCUT2D eigenvalue weighted by Crippen LogP contribution is 2.24. The minimum atomic E-state index is -0.540. The van der Waals surface area contributed by atoms with Crippen molar-refractivity contribution >= 4 is 17.5 Å². The third-order valence-electron chi connectivity index (χ3n) is 4.20. The third kappa shape index (κ3) is 4.64. The number of aromatic nitrogens is 2. The van der Waals surface area contributed by atoms with Crippen molar-refractivity contribution in [3.63, 3.8) is 0 Å². The van der Waals surface area contributed by atoms with Gasteiger partial charge in [0.1, 0.15) is 5.69 Å². The van der Waals surface area contributed by atoms with Gasteiger partial charge in [-0.15, -0.1) is 0 Å². The highest BCUT2D eigenvalue weighted by atomic mass is 16.6.